The number of hydrogen-bond donors (Lipinski definition) is 2. The summed E-state index contributed by atoms with van der Waals surface area (Å²) in [6, 6.07) is 8.51. The fourth-order valence-electron chi connectivity index (χ4n) is 2.08. The molecule has 0 aliphatic rings. The minimum absolute atomic E-state index is 0. The number of aliphatic imine (C=N–C) groups is 1. The molecule has 0 amide bonds. The Morgan fingerprint density at radius 3 is 2.43 bits per heavy atom. The van der Waals surface area contributed by atoms with E-state index in [2.05, 4.69) is 57.0 Å². The Morgan fingerprint density at radius 1 is 1.09 bits per heavy atom. The first kappa shape index (κ1) is 19.4. The van der Waals surface area contributed by atoms with Gasteiger partial charge >= 0.3 is 0 Å². The molecule has 0 saturated heterocycles. The first-order chi connectivity index (χ1) is 10.8. The van der Waals surface area contributed by atoms with E-state index in [-0.39, 0.29) is 24.0 Å². The Morgan fingerprint density at radius 2 is 1.78 bits per heavy atom. The third-order valence-electron chi connectivity index (χ3n) is 3.41. The molecule has 23 heavy (non-hydrogen) atoms. The van der Waals surface area contributed by atoms with Gasteiger partial charge < -0.3 is 15.2 Å². The largest absolute Gasteiger partial charge is 0.356 e. The molecule has 1 aromatic heterocycles. The van der Waals surface area contributed by atoms with Crippen LogP contribution in [0.1, 0.15) is 24.0 Å². The number of aryl methyl sites for hydroxylation is 2. The molecule has 0 aliphatic carbocycles. The number of halogens is 1. The van der Waals surface area contributed by atoms with Crippen molar-refractivity contribution in [3.63, 3.8) is 0 Å². The molecule has 6 nitrogen and oxygen atoms in total. The Hall–Kier alpha value is -1.64. The van der Waals surface area contributed by atoms with Gasteiger partial charge in [0.2, 0.25) is 0 Å². The second-order valence-corrected chi connectivity index (χ2v) is 5.24. The number of hydrogen-bond acceptors (Lipinski definition) is 3. The Bertz CT molecular complexity index is 565. The Labute approximate surface area is 154 Å². The molecule has 0 unspecified atom stereocenters. The molecule has 0 saturated carbocycles. The van der Waals surface area contributed by atoms with Crippen LogP contribution in [0.2, 0.25) is 0 Å². The zero-order chi connectivity index (χ0) is 15.6. The number of aromatic nitrogens is 3. The first-order valence-electron chi connectivity index (χ1n) is 7.60. The first-order valence-corrected chi connectivity index (χ1v) is 7.60. The van der Waals surface area contributed by atoms with Crippen molar-refractivity contribution in [3.8, 4) is 0 Å². The number of unbranched alkanes of at least 4 members (excludes halogenated alkanes) is 1. The lowest BCUT2D eigenvalue weighted by Crippen LogP contribution is -2.37. The van der Waals surface area contributed by atoms with Gasteiger partial charge in [0.05, 0.1) is 0 Å². The minimum atomic E-state index is 0. The van der Waals surface area contributed by atoms with Gasteiger partial charge in [0.25, 0.3) is 0 Å². The predicted molar refractivity (Wildman–Crippen MR) is 104 cm³/mol. The van der Waals surface area contributed by atoms with Crippen molar-refractivity contribution in [1.82, 2.24) is 25.4 Å². The van der Waals surface area contributed by atoms with E-state index in [0.29, 0.717) is 0 Å². The van der Waals surface area contributed by atoms with Crippen molar-refractivity contribution in [2.45, 2.75) is 32.9 Å². The highest BCUT2D eigenvalue weighted by Gasteiger charge is 1.98. The summed E-state index contributed by atoms with van der Waals surface area (Å²) in [7, 11) is 1.79. The van der Waals surface area contributed by atoms with Gasteiger partial charge in [0.15, 0.2) is 5.96 Å². The Kier molecular flexibility index (Phi) is 9.27. The van der Waals surface area contributed by atoms with Crippen molar-refractivity contribution in [1.29, 1.82) is 0 Å². The quantitative estimate of drug-likeness (QED) is 0.308. The smallest absolute Gasteiger partial charge is 0.191 e. The summed E-state index contributed by atoms with van der Waals surface area (Å²) in [6.07, 6.45) is 5.65. The highest BCUT2D eigenvalue weighted by Crippen LogP contribution is 2.02. The van der Waals surface area contributed by atoms with E-state index in [1.807, 2.05) is 4.57 Å². The van der Waals surface area contributed by atoms with Gasteiger partial charge in [0, 0.05) is 26.7 Å². The van der Waals surface area contributed by atoms with Gasteiger partial charge in [-0.15, -0.1) is 34.2 Å². The van der Waals surface area contributed by atoms with Crippen LogP contribution >= 0.6 is 24.0 Å². The van der Waals surface area contributed by atoms with Crippen LogP contribution in [0.4, 0.5) is 0 Å². The van der Waals surface area contributed by atoms with Crippen LogP contribution in [-0.4, -0.2) is 34.3 Å². The molecule has 2 N–H and O–H groups in total. The average molecular weight is 428 g/mol. The zero-order valence-corrected chi connectivity index (χ0v) is 16.0. The topological polar surface area (TPSA) is 67.1 Å². The third kappa shape index (κ3) is 7.45. The molecule has 2 aromatic rings. The average Bonchev–Trinajstić information content (AvgIpc) is 3.05. The van der Waals surface area contributed by atoms with Gasteiger partial charge in [-0.1, -0.05) is 29.8 Å². The van der Waals surface area contributed by atoms with Crippen LogP contribution in [0.3, 0.4) is 0 Å². The maximum atomic E-state index is 4.24. The van der Waals surface area contributed by atoms with Crippen LogP contribution in [0, 0.1) is 6.92 Å². The summed E-state index contributed by atoms with van der Waals surface area (Å²) in [5, 5.41) is 14.2. The fourth-order valence-corrected chi connectivity index (χ4v) is 2.08. The molecule has 126 valence electrons. The number of nitrogens with one attached hydrogen (secondary N) is 2. The molecule has 0 atom stereocenters. The predicted octanol–water partition coefficient (Wildman–Crippen LogP) is 2.35. The van der Waals surface area contributed by atoms with E-state index < -0.39 is 0 Å². The van der Waals surface area contributed by atoms with Crippen LogP contribution in [0.15, 0.2) is 41.9 Å². The van der Waals surface area contributed by atoms with E-state index in [0.717, 1.165) is 38.4 Å². The van der Waals surface area contributed by atoms with Crippen molar-refractivity contribution < 1.29 is 0 Å². The van der Waals surface area contributed by atoms with Crippen LogP contribution < -0.4 is 10.6 Å². The summed E-state index contributed by atoms with van der Waals surface area (Å²) in [5.74, 6) is 0.838. The fraction of sp³-hybridized carbons (Fsp3) is 0.438. The molecule has 1 aromatic carbocycles. The summed E-state index contributed by atoms with van der Waals surface area (Å²) >= 11 is 0. The van der Waals surface area contributed by atoms with Crippen LogP contribution in [-0.2, 0) is 13.1 Å². The SMILES string of the molecule is CN=C(NCCCCn1cnnc1)NCc1ccc(C)cc1.I. The summed E-state index contributed by atoms with van der Waals surface area (Å²) in [4.78, 5) is 4.24. The van der Waals surface area contributed by atoms with E-state index in [9.17, 15) is 0 Å². The molecular formula is C16H25IN6. The highest BCUT2D eigenvalue weighted by molar-refractivity contribution is 14.0. The number of nitrogens with zero attached hydrogens (tertiary/aromatic N) is 4. The summed E-state index contributed by atoms with van der Waals surface area (Å²) in [5.41, 5.74) is 2.53. The van der Waals surface area contributed by atoms with E-state index in [1.165, 1.54) is 11.1 Å². The lowest BCUT2D eigenvalue weighted by Gasteiger charge is -2.12. The number of guanidine groups is 1. The normalized spacial score (nSPS) is 11.0. The van der Waals surface area contributed by atoms with Gasteiger partial charge in [-0.3, -0.25) is 4.99 Å². The minimum Gasteiger partial charge on any atom is -0.356 e. The second-order valence-electron chi connectivity index (χ2n) is 5.24. The van der Waals surface area contributed by atoms with Crippen LogP contribution in [0.25, 0.3) is 0 Å². The van der Waals surface area contributed by atoms with Gasteiger partial charge in [0.1, 0.15) is 12.7 Å². The molecule has 0 radical (unpaired) electrons. The maximum absolute atomic E-state index is 4.24. The molecule has 0 fully saturated rings. The molecule has 0 bridgehead atoms. The van der Waals surface area contributed by atoms with Crippen molar-refractivity contribution in [2.24, 2.45) is 4.99 Å². The number of benzene rings is 1. The van der Waals surface area contributed by atoms with E-state index in [4.69, 9.17) is 0 Å². The van der Waals surface area contributed by atoms with Gasteiger partial charge in [-0.05, 0) is 25.3 Å². The molecule has 2 rings (SSSR count). The zero-order valence-electron chi connectivity index (χ0n) is 13.7. The summed E-state index contributed by atoms with van der Waals surface area (Å²) < 4.78 is 1.99. The lowest BCUT2D eigenvalue weighted by molar-refractivity contribution is 0.597. The van der Waals surface area contributed by atoms with Crippen LogP contribution in [0.5, 0.6) is 0 Å². The second kappa shape index (κ2) is 11.0. The Balaban J connectivity index is 0.00000264. The third-order valence-corrected chi connectivity index (χ3v) is 3.41. The van der Waals surface area contributed by atoms with Gasteiger partial charge in [-0.25, -0.2) is 0 Å². The van der Waals surface area contributed by atoms with Crippen molar-refractivity contribution >= 4 is 29.9 Å². The van der Waals surface area contributed by atoms with Gasteiger partial charge in [-0.2, -0.15) is 0 Å². The van der Waals surface area contributed by atoms with Crippen molar-refractivity contribution in [2.75, 3.05) is 13.6 Å². The number of rotatable bonds is 7. The molecular weight excluding hydrogens is 403 g/mol. The standard InChI is InChI=1S/C16H24N6.HI/c1-14-5-7-15(8-6-14)11-19-16(17-2)18-9-3-4-10-22-12-20-21-13-22;/h5-8,12-13H,3-4,9-11H2,1-2H3,(H2,17,18,19);1H. The monoisotopic (exact) mass is 428 g/mol. The van der Waals surface area contributed by atoms with E-state index >= 15 is 0 Å². The highest BCUT2D eigenvalue weighted by atomic mass is 127. The molecule has 0 spiro atoms. The maximum Gasteiger partial charge on any atom is 0.191 e. The van der Waals surface area contributed by atoms with Crippen molar-refractivity contribution in [3.05, 3.63) is 48.0 Å². The summed E-state index contributed by atoms with van der Waals surface area (Å²) in [6.45, 7) is 4.72. The van der Waals surface area contributed by atoms with E-state index in [1.54, 1.807) is 19.7 Å². The molecule has 0 aliphatic heterocycles. The molecule has 1 heterocycles. The lowest BCUT2D eigenvalue weighted by atomic mass is 10.1. The molecule has 7 heteroatoms.